The number of primary amides is 1. The number of pyridine rings is 1. The van der Waals surface area contributed by atoms with E-state index in [1.165, 1.54) is 12.1 Å². The van der Waals surface area contributed by atoms with Crippen LogP contribution >= 0.6 is 0 Å². The highest BCUT2D eigenvalue weighted by Crippen LogP contribution is 2.29. The van der Waals surface area contributed by atoms with Crippen molar-refractivity contribution >= 4 is 32.6 Å². The van der Waals surface area contributed by atoms with E-state index in [1.54, 1.807) is 23.1 Å². The van der Waals surface area contributed by atoms with Crippen molar-refractivity contribution in [2.75, 3.05) is 19.3 Å². The van der Waals surface area contributed by atoms with E-state index in [1.807, 2.05) is 24.3 Å². The van der Waals surface area contributed by atoms with Crippen LogP contribution in [0.3, 0.4) is 0 Å². The van der Waals surface area contributed by atoms with Crippen LogP contribution in [0.4, 0.5) is 0 Å². The molecule has 0 saturated carbocycles. The van der Waals surface area contributed by atoms with Gasteiger partial charge < -0.3 is 10.6 Å². The van der Waals surface area contributed by atoms with Crippen molar-refractivity contribution in [1.82, 2.24) is 9.88 Å². The summed E-state index contributed by atoms with van der Waals surface area (Å²) in [5.74, 6) is -0.492. The van der Waals surface area contributed by atoms with Crippen LogP contribution in [0.2, 0.25) is 0 Å². The Balaban J connectivity index is 1.49. The molecule has 1 aliphatic rings. The molecule has 3 aromatic rings. The first-order valence-electron chi connectivity index (χ1n) is 9.98. The van der Waals surface area contributed by atoms with Crippen molar-refractivity contribution in [2.24, 2.45) is 5.73 Å². The van der Waals surface area contributed by atoms with E-state index in [9.17, 15) is 18.0 Å². The van der Waals surface area contributed by atoms with Gasteiger partial charge in [-0.15, -0.1) is 0 Å². The van der Waals surface area contributed by atoms with Crippen LogP contribution < -0.4 is 5.73 Å². The minimum absolute atomic E-state index is 0.0227. The van der Waals surface area contributed by atoms with Crippen molar-refractivity contribution in [3.8, 4) is 0 Å². The smallest absolute Gasteiger partial charge is 0.249 e. The molecule has 1 atom stereocenters. The Labute approximate surface area is 180 Å². The number of carbonyl (C=O) groups excluding carboxylic acids is 2. The van der Waals surface area contributed by atoms with Crippen LogP contribution in [0.1, 0.15) is 34.0 Å². The Kier molecular flexibility index (Phi) is 5.49. The highest BCUT2D eigenvalue weighted by Gasteiger charge is 2.29. The number of rotatable bonds is 5. The molecule has 1 saturated heterocycles. The number of amides is 2. The van der Waals surface area contributed by atoms with Gasteiger partial charge in [0.15, 0.2) is 9.84 Å². The summed E-state index contributed by atoms with van der Waals surface area (Å²) in [6.07, 6.45) is 2.11. The Hall–Kier alpha value is -3.26. The number of nitrogens with zero attached hydrogens (tertiary/aromatic N) is 2. The monoisotopic (exact) mass is 437 g/mol. The van der Waals surface area contributed by atoms with Gasteiger partial charge in [-0.3, -0.25) is 14.6 Å². The molecule has 160 valence electrons. The molecule has 8 heteroatoms. The summed E-state index contributed by atoms with van der Waals surface area (Å²) in [5, 5.41) is 0.724. The summed E-state index contributed by atoms with van der Waals surface area (Å²) < 4.78 is 23.2. The average Bonchev–Trinajstić information content (AvgIpc) is 3.23. The quantitative estimate of drug-likeness (QED) is 0.658. The number of nitrogens with two attached hydrogens (primary N) is 1. The number of sulfone groups is 1. The Morgan fingerprint density at radius 3 is 2.52 bits per heavy atom. The summed E-state index contributed by atoms with van der Waals surface area (Å²) in [6.45, 7) is 1.12. The number of carbonyl (C=O) groups is 2. The van der Waals surface area contributed by atoms with Gasteiger partial charge >= 0.3 is 0 Å². The molecule has 0 spiro atoms. The summed E-state index contributed by atoms with van der Waals surface area (Å²) in [4.78, 5) is 31.4. The topological polar surface area (TPSA) is 110 Å². The lowest BCUT2D eigenvalue weighted by Gasteiger charge is -2.17. The third-order valence-electron chi connectivity index (χ3n) is 5.67. The van der Waals surface area contributed by atoms with Crippen molar-refractivity contribution < 1.29 is 18.0 Å². The summed E-state index contributed by atoms with van der Waals surface area (Å²) in [7, 11) is -3.26. The molecule has 0 radical (unpaired) electrons. The Morgan fingerprint density at radius 2 is 1.84 bits per heavy atom. The van der Waals surface area contributed by atoms with Gasteiger partial charge in [0.25, 0.3) is 0 Å². The van der Waals surface area contributed by atoms with Crippen molar-refractivity contribution in [3.05, 3.63) is 71.4 Å². The molecule has 7 nitrogen and oxygen atoms in total. The second-order valence-corrected chi connectivity index (χ2v) is 9.91. The molecule has 31 heavy (non-hydrogen) atoms. The minimum atomic E-state index is -3.26. The molecule has 1 unspecified atom stereocenters. The van der Waals surface area contributed by atoms with Gasteiger partial charge in [-0.2, -0.15) is 0 Å². The number of likely N-dealkylation sites (tertiary alicyclic amines) is 1. The number of fused-ring (bicyclic) bond motifs is 1. The molecule has 2 aromatic carbocycles. The highest BCUT2D eigenvalue weighted by molar-refractivity contribution is 7.90. The van der Waals surface area contributed by atoms with Gasteiger partial charge in [-0.05, 0) is 36.2 Å². The minimum Gasteiger partial charge on any atom is -0.366 e. The predicted octanol–water partition coefficient (Wildman–Crippen LogP) is 2.30. The van der Waals surface area contributed by atoms with E-state index in [-0.39, 0.29) is 23.1 Å². The third-order valence-corrected chi connectivity index (χ3v) is 6.80. The van der Waals surface area contributed by atoms with Gasteiger partial charge in [0.1, 0.15) is 0 Å². The fraction of sp³-hybridized carbons (Fsp3) is 0.261. The maximum absolute atomic E-state index is 12.8. The molecule has 0 bridgehead atoms. The number of benzene rings is 2. The lowest BCUT2D eigenvalue weighted by Crippen LogP contribution is -2.30. The zero-order chi connectivity index (χ0) is 22.2. The van der Waals surface area contributed by atoms with Crippen LogP contribution in [0.15, 0.2) is 59.5 Å². The standard InChI is InChI=1S/C23H23N3O4S/c1-31(29,30)17-8-6-15(7-9-17)12-22(27)26-11-10-16(14-26)21-13-19(23(24)28)18-4-2-3-5-20(18)25-21/h2-9,13,16H,10-12,14H2,1H3,(H2,24,28). The molecule has 2 heterocycles. The molecular formula is C23H23N3O4S. The van der Waals surface area contributed by atoms with Crippen molar-refractivity contribution in [3.63, 3.8) is 0 Å². The van der Waals surface area contributed by atoms with Gasteiger partial charge in [-0.25, -0.2) is 8.42 Å². The van der Waals surface area contributed by atoms with E-state index >= 15 is 0 Å². The fourth-order valence-electron chi connectivity index (χ4n) is 3.98. The van der Waals surface area contributed by atoms with E-state index in [0.717, 1.165) is 29.3 Å². The van der Waals surface area contributed by atoms with E-state index < -0.39 is 15.7 Å². The molecular weight excluding hydrogens is 414 g/mol. The maximum Gasteiger partial charge on any atom is 0.249 e. The van der Waals surface area contributed by atoms with Crippen LogP contribution in [0, 0.1) is 0 Å². The van der Waals surface area contributed by atoms with Crippen LogP contribution in [0.25, 0.3) is 10.9 Å². The molecule has 2 N–H and O–H groups in total. The summed E-state index contributed by atoms with van der Waals surface area (Å²) in [5.41, 5.74) is 8.26. The molecule has 4 rings (SSSR count). The SMILES string of the molecule is CS(=O)(=O)c1ccc(CC(=O)N2CCC(c3cc(C(N)=O)c4ccccc4n3)C2)cc1. The first-order valence-corrected chi connectivity index (χ1v) is 11.9. The predicted molar refractivity (Wildman–Crippen MR) is 117 cm³/mol. The van der Waals surface area contributed by atoms with Crippen LogP contribution in [-0.2, 0) is 21.1 Å². The van der Waals surface area contributed by atoms with Gasteiger partial charge in [0.2, 0.25) is 11.8 Å². The number of para-hydroxylation sites is 1. The first kappa shape index (κ1) is 21.0. The van der Waals surface area contributed by atoms with E-state index in [4.69, 9.17) is 10.7 Å². The summed E-state index contributed by atoms with van der Waals surface area (Å²) >= 11 is 0. The molecule has 1 aromatic heterocycles. The third kappa shape index (κ3) is 4.44. The second kappa shape index (κ2) is 8.11. The van der Waals surface area contributed by atoms with Crippen LogP contribution in [0.5, 0.6) is 0 Å². The van der Waals surface area contributed by atoms with Crippen molar-refractivity contribution in [2.45, 2.75) is 23.7 Å². The lowest BCUT2D eigenvalue weighted by molar-refractivity contribution is -0.129. The highest BCUT2D eigenvalue weighted by atomic mass is 32.2. The summed E-state index contributed by atoms with van der Waals surface area (Å²) in [6, 6.07) is 15.5. The molecule has 1 aliphatic heterocycles. The average molecular weight is 438 g/mol. The molecule has 2 amide bonds. The first-order chi connectivity index (χ1) is 14.7. The Morgan fingerprint density at radius 1 is 1.13 bits per heavy atom. The normalized spacial score (nSPS) is 16.5. The molecule has 1 fully saturated rings. The second-order valence-electron chi connectivity index (χ2n) is 7.89. The van der Waals surface area contributed by atoms with E-state index in [0.29, 0.717) is 24.2 Å². The zero-order valence-electron chi connectivity index (χ0n) is 17.1. The number of aromatic nitrogens is 1. The maximum atomic E-state index is 12.8. The number of hydrogen-bond donors (Lipinski definition) is 1. The van der Waals surface area contributed by atoms with Crippen molar-refractivity contribution in [1.29, 1.82) is 0 Å². The zero-order valence-corrected chi connectivity index (χ0v) is 17.9. The fourth-order valence-corrected chi connectivity index (χ4v) is 4.61. The van der Waals surface area contributed by atoms with Gasteiger partial charge in [0, 0.05) is 36.3 Å². The lowest BCUT2D eigenvalue weighted by atomic mass is 9.99. The van der Waals surface area contributed by atoms with Crippen LogP contribution in [-0.4, -0.2) is 49.5 Å². The largest absolute Gasteiger partial charge is 0.366 e. The molecule has 0 aliphatic carbocycles. The van der Waals surface area contributed by atoms with Gasteiger partial charge in [-0.1, -0.05) is 30.3 Å². The Bertz CT molecular complexity index is 1270. The van der Waals surface area contributed by atoms with E-state index in [2.05, 4.69) is 0 Å². The number of hydrogen-bond acceptors (Lipinski definition) is 5. The van der Waals surface area contributed by atoms with Gasteiger partial charge in [0.05, 0.1) is 22.4 Å².